The van der Waals surface area contributed by atoms with E-state index in [4.69, 9.17) is 11.6 Å². The first-order valence-electron chi connectivity index (χ1n) is 6.78. The van der Waals surface area contributed by atoms with E-state index in [-0.39, 0.29) is 17.5 Å². The zero-order valence-electron chi connectivity index (χ0n) is 11.2. The summed E-state index contributed by atoms with van der Waals surface area (Å²) in [4.78, 5) is 12.1. The number of hydrogen-bond acceptors (Lipinski definition) is 1. The molecule has 0 saturated heterocycles. The van der Waals surface area contributed by atoms with Crippen LogP contribution in [0, 0.1) is 17.7 Å². The lowest BCUT2D eigenvalue weighted by Gasteiger charge is -2.21. The molecule has 2 rings (SSSR count). The van der Waals surface area contributed by atoms with E-state index in [2.05, 4.69) is 19.2 Å². The van der Waals surface area contributed by atoms with Gasteiger partial charge < -0.3 is 5.32 Å². The Labute approximate surface area is 118 Å². The molecule has 0 heterocycles. The third-order valence-corrected chi connectivity index (χ3v) is 4.48. The smallest absolute Gasteiger partial charge is 0.254 e. The van der Waals surface area contributed by atoms with Gasteiger partial charge in [0.15, 0.2) is 0 Å². The molecular formula is C15H19ClFNO. The number of nitrogens with one attached hydrogen (secondary N) is 1. The molecule has 1 aliphatic carbocycles. The Morgan fingerprint density at radius 1 is 1.47 bits per heavy atom. The minimum Gasteiger partial charge on any atom is -0.349 e. The van der Waals surface area contributed by atoms with Crippen LogP contribution in [-0.2, 0) is 0 Å². The lowest BCUT2D eigenvalue weighted by atomic mass is 9.93. The summed E-state index contributed by atoms with van der Waals surface area (Å²) in [5.74, 6) is 0.193. The van der Waals surface area contributed by atoms with Gasteiger partial charge in [-0.3, -0.25) is 4.79 Å². The zero-order chi connectivity index (χ0) is 14.0. The van der Waals surface area contributed by atoms with Gasteiger partial charge in [-0.15, -0.1) is 0 Å². The fourth-order valence-corrected chi connectivity index (χ4v) is 3.12. The van der Waals surface area contributed by atoms with Crippen LogP contribution in [0.25, 0.3) is 0 Å². The van der Waals surface area contributed by atoms with Gasteiger partial charge in [-0.2, -0.15) is 0 Å². The molecule has 0 bridgehead atoms. The number of benzene rings is 1. The van der Waals surface area contributed by atoms with E-state index in [0.717, 1.165) is 19.3 Å². The maximum absolute atomic E-state index is 13.6. The van der Waals surface area contributed by atoms with Crippen LogP contribution in [0.1, 0.15) is 43.5 Å². The van der Waals surface area contributed by atoms with Gasteiger partial charge in [0, 0.05) is 11.1 Å². The number of amides is 1. The average Bonchev–Trinajstić information content (AvgIpc) is 2.73. The number of rotatable bonds is 3. The van der Waals surface area contributed by atoms with Crippen molar-refractivity contribution >= 4 is 17.5 Å². The van der Waals surface area contributed by atoms with E-state index in [1.165, 1.54) is 18.2 Å². The molecule has 1 aromatic rings. The third kappa shape index (κ3) is 3.08. The average molecular weight is 284 g/mol. The Kier molecular flexibility index (Phi) is 4.46. The Bertz CT molecular complexity index is 477. The van der Waals surface area contributed by atoms with Crippen LogP contribution in [-0.4, -0.2) is 11.9 Å². The van der Waals surface area contributed by atoms with Crippen molar-refractivity contribution in [3.8, 4) is 0 Å². The summed E-state index contributed by atoms with van der Waals surface area (Å²) in [6, 6.07) is 4.18. The minimum absolute atomic E-state index is 0.0275. The Morgan fingerprint density at radius 2 is 2.21 bits per heavy atom. The van der Waals surface area contributed by atoms with Crippen LogP contribution < -0.4 is 5.32 Å². The summed E-state index contributed by atoms with van der Waals surface area (Å²) in [7, 11) is 0. The fourth-order valence-electron chi connectivity index (χ4n) is 2.95. The quantitative estimate of drug-likeness (QED) is 0.891. The first-order chi connectivity index (χ1) is 9.02. The number of carbonyl (C=O) groups is 1. The molecule has 19 heavy (non-hydrogen) atoms. The Hall–Kier alpha value is -1.09. The van der Waals surface area contributed by atoms with E-state index < -0.39 is 5.82 Å². The highest BCUT2D eigenvalue weighted by atomic mass is 35.5. The first kappa shape index (κ1) is 14.3. The molecular weight excluding hydrogens is 265 g/mol. The SMILES string of the molecule is CCC1CCC(NC(=O)c2cc(Cl)ccc2F)C1C. The predicted octanol–water partition coefficient (Wildman–Crippen LogP) is 4.03. The van der Waals surface area contributed by atoms with Crippen LogP contribution in [0.15, 0.2) is 18.2 Å². The largest absolute Gasteiger partial charge is 0.349 e. The van der Waals surface area contributed by atoms with Crippen molar-refractivity contribution < 1.29 is 9.18 Å². The predicted molar refractivity (Wildman–Crippen MR) is 74.8 cm³/mol. The lowest BCUT2D eigenvalue weighted by molar-refractivity contribution is 0.0922. The molecule has 3 unspecified atom stereocenters. The minimum atomic E-state index is -0.528. The molecule has 1 saturated carbocycles. The van der Waals surface area contributed by atoms with Crippen LogP contribution >= 0.6 is 11.6 Å². The van der Waals surface area contributed by atoms with Crippen LogP contribution in [0.4, 0.5) is 4.39 Å². The van der Waals surface area contributed by atoms with Crippen molar-refractivity contribution in [2.75, 3.05) is 0 Å². The number of halogens is 2. The molecule has 1 N–H and O–H groups in total. The molecule has 1 amide bonds. The van der Waals surface area contributed by atoms with E-state index in [9.17, 15) is 9.18 Å². The molecule has 2 nitrogen and oxygen atoms in total. The summed E-state index contributed by atoms with van der Waals surface area (Å²) in [6.07, 6.45) is 3.22. The van der Waals surface area contributed by atoms with Crippen molar-refractivity contribution in [2.45, 2.75) is 39.2 Å². The lowest BCUT2D eigenvalue weighted by Crippen LogP contribution is -2.37. The molecule has 0 radical (unpaired) electrons. The second kappa shape index (κ2) is 5.91. The molecule has 1 fully saturated rings. The molecule has 1 aromatic carbocycles. The highest BCUT2D eigenvalue weighted by Crippen LogP contribution is 2.34. The zero-order valence-corrected chi connectivity index (χ0v) is 12.0. The van der Waals surface area contributed by atoms with Crippen molar-refractivity contribution in [1.82, 2.24) is 5.32 Å². The second-order valence-electron chi connectivity index (χ2n) is 5.31. The normalized spacial score (nSPS) is 26.4. The Morgan fingerprint density at radius 3 is 2.84 bits per heavy atom. The molecule has 0 spiro atoms. The molecule has 104 valence electrons. The first-order valence-corrected chi connectivity index (χ1v) is 7.16. The molecule has 1 aliphatic rings. The highest BCUT2D eigenvalue weighted by molar-refractivity contribution is 6.31. The van der Waals surface area contributed by atoms with E-state index in [1.807, 2.05) is 0 Å². The van der Waals surface area contributed by atoms with Gasteiger partial charge in [0.25, 0.3) is 5.91 Å². The monoisotopic (exact) mass is 283 g/mol. The molecule has 3 atom stereocenters. The molecule has 4 heteroatoms. The van der Waals surface area contributed by atoms with Crippen molar-refractivity contribution in [3.63, 3.8) is 0 Å². The molecule has 0 aromatic heterocycles. The van der Waals surface area contributed by atoms with Gasteiger partial charge in [-0.05, 0) is 42.9 Å². The van der Waals surface area contributed by atoms with E-state index >= 15 is 0 Å². The van der Waals surface area contributed by atoms with Crippen LogP contribution in [0.5, 0.6) is 0 Å². The van der Waals surface area contributed by atoms with Gasteiger partial charge in [-0.1, -0.05) is 31.9 Å². The van der Waals surface area contributed by atoms with Crippen LogP contribution in [0.2, 0.25) is 5.02 Å². The number of carbonyl (C=O) groups excluding carboxylic acids is 1. The summed E-state index contributed by atoms with van der Waals surface area (Å²) in [5.41, 5.74) is 0.0275. The summed E-state index contributed by atoms with van der Waals surface area (Å²) in [6.45, 7) is 4.32. The van der Waals surface area contributed by atoms with Crippen LogP contribution in [0.3, 0.4) is 0 Å². The summed E-state index contributed by atoms with van der Waals surface area (Å²) in [5, 5.41) is 3.31. The van der Waals surface area contributed by atoms with Crippen molar-refractivity contribution in [1.29, 1.82) is 0 Å². The summed E-state index contributed by atoms with van der Waals surface area (Å²) < 4.78 is 13.6. The maximum Gasteiger partial charge on any atom is 0.254 e. The van der Waals surface area contributed by atoms with Crippen molar-refractivity contribution in [2.24, 2.45) is 11.8 Å². The van der Waals surface area contributed by atoms with Gasteiger partial charge in [-0.25, -0.2) is 4.39 Å². The fraction of sp³-hybridized carbons (Fsp3) is 0.533. The van der Waals surface area contributed by atoms with Crippen molar-refractivity contribution in [3.05, 3.63) is 34.6 Å². The number of hydrogen-bond donors (Lipinski definition) is 1. The van der Waals surface area contributed by atoms with Gasteiger partial charge in [0.1, 0.15) is 5.82 Å². The third-order valence-electron chi connectivity index (χ3n) is 4.24. The van der Waals surface area contributed by atoms with Gasteiger partial charge in [0.2, 0.25) is 0 Å². The Balaban J connectivity index is 2.07. The van der Waals surface area contributed by atoms with E-state index in [1.54, 1.807) is 0 Å². The van der Waals surface area contributed by atoms with Gasteiger partial charge in [0.05, 0.1) is 5.56 Å². The molecule has 0 aliphatic heterocycles. The standard InChI is InChI=1S/C15H19ClFNO/c1-3-10-4-7-14(9(10)2)18-15(19)12-8-11(16)5-6-13(12)17/h5-6,8-10,14H,3-4,7H2,1-2H3,(H,18,19). The maximum atomic E-state index is 13.6. The topological polar surface area (TPSA) is 29.1 Å². The van der Waals surface area contributed by atoms with Gasteiger partial charge >= 0.3 is 0 Å². The second-order valence-corrected chi connectivity index (χ2v) is 5.75. The summed E-state index contributed by atoms with van der Waals surface area (Å²) >= 11 is 5.81. The van der Waals surface area contributed by atoms with E-state index in [0.29, 0.717) is 16.9 Å². The highest BCUT2D eigenvalue weighted by Gasteiger charge is 2.32.